The van der Waals surface area contributed by atoms with Gasteiger partial charge in [0.25, 0.3) is 5.91 Å². The zero-order valence-corrected chi connectivity index (χ0v) is 10.3. The second-order valence-electron chi connectivity index (χ2n) is 4.05. The van der Waals surface area contributed by atoms with Gasteiger partial charge in [-0.3, -0.25) is 9.78 Å². The van der Waals surface area contributed by atoms with Crippen LogP contribution in [0.4, 0.5) is 4.39 Å². The molecule has 0 aliphatic carbocycles. The van der Waals surface area contributed by atoms with Crippen LogP contribution in [0.1, 0.15) is 21.6 Å². The van der Waals surface area contributed by atoms with Crippen LogP contribution in [0.5, 0.6) is 0 Å². The van der Waals surface area contributed by atoms with Crippen molar-refractivity contribution in [2.24, 2.45) is 5.73 Å². The molecule has 0 unspecified atom stereocenters. The number of benzene rings is 1. The lowest BCUT2D eigenvalue weighted by Gasteiger charge is -2.06. The van der Waals surface area contributed by atoms with Crippen molar-refractivity contribution in [1.29, 1.82) is 0 Å². The number of aromatic nitrogens is 1. The second kappa shape index (κ2) is 6.06. The van der Waals surface area contributed by atoms with E-state index in [9.17, 15) is 9.18 Å². The summed E-state index contributed by atoms with van der Waals surface area (Å²) in [6.45, 7) is 0.557. The fraction of sp³-hybridized carbons (Fsp3) is 0.143. The van der Waals surface area contributed by atoms with Crippen molar-refractivity contribution in [2.75, 3.05) is 0 Å². The van der Waals surface area contributed by atoms with E-state index in [1.165, 1.54) is 12.1 Å². The van der Waals surface area contributed by atoms with Gasteiger partial charge in [-0.25, -0.2) is 4.39 Å². The third-order valence-corrected chi connectivity index (χ3v) is 2.63. The van der Waals surface area contributed by atoms with Gasteiger partial charge in [0.1, 0.15) is 5.82 Å². The summed E-state index contributed by atoms with van der Waals surface area (Å²) in [6, 6.07) is 9.36. The van der Waals surface area contributed by atoms with E-state index in [0.29, 0.717) is 16.8 Å². The predicted molar refractivity (Wildman–Crippen MR) is 69.7 cm³/mol. The number of nitrogens with zero attached hydrogens (tertiary/aromatic N) is 1. The van der Waals surface area contributed by atoms with Crippen molar-refractivity contribution in [1.82, 2.24) is 10.3 Å². The van der Waals surface area contributed by atoms with Gasteiger partial charge >= 0.3 is 0 Å². The fourth-order valence-electron chi connectivity index (χ4n) is 1.66. The van der Waals surface area contributed by atoms with Crippen molar-refractivity contribution in [3.63, 3.8) is 0 Å². The van der Waals surface area contributed by atoms with Gasteiger partial charge in [0.2, 0.25) is 0 Å². The average molecular weight is 259 g/mol. The summed E-state index contributed by atoms with van der Waals surface area (Å²) < 4.78 is 13.0. The molecule has 0 atom stereocenters. The molecule has 1 heterocycles. The number of carbonyl (C=O) groups excluding carboxylic acids is 1. The highest BCUT2D eigenvalue weighted by molar-refractivity contribution is 5.94. The SMILES string of the molecule is NCc1cc(C(=O)NCc2cccc(F)c2)ccn1. The Bertz CT molecular complexity index is 586. The highest BCUT2D eigenvalue weighted by atomic mass is 19.1. The van der Waals surface area contributed by atoms with Gasteiger partial charge in [-0.15, -0.1) is 0 Å². The Morgan fingerprint density at radius 2 is 2.16 bits per heavy atom. The van der Waals surface area contributed by atoms with Crippen LogP contribution in [0, 0.1) is 5.82 Å². The molecule has 0 aliphatic rings. The molecule has 0 aliphatic heterocycles. The van der Waals surface area contributed by atoms with Gasteiger partial charge in [-0.1, -0.05) is 12.1 Å². The molecule has 2 rings (SSSR count). The van der Waals surface area contributed by atoms with Gasteiger partial charge < -0.3 is 11.1 Å². The first-order chi connectivity index (χ1) is 9.19. The van der Waals surface area contributed by atoms with E-state index < -0.39 is 0 Å². The highest BCUT2D eigenvalue weighted by Gasteiger charge is 2.06. The monoisotopic (exact) mass is 259 g/mol. The van der Waals surface area contributed by atoms with Crippen LogP contribution in [-0.2, 0) is 13.1 Å². The molecule has 0 saturated heterocycles. The molecule has 0 saturated carbocycles. The van der Waals surface area contributed by atoms with E-state index in [-0.39, 0.29) is 24.8 Å². The summed E-state index contributed by atoms with van der Waals surface area (Å²) in [5.41, 5.74) is 7.32. The van der Waals surface area contributed by atoms with E-state index in [1.807, 2.05) is 0 Å². The quantitative estimate of drug-likeness (QED) is 0.876. The normalized spacial score (nSPS) is 10.2. The van der Waals surface area contributed by atoms with Crippen LogP contribution in [0.2, 0.25) is 0 Å². The van der Waals surface area contributed by atoms with Crippen molar-refractivity contribution in [2.45, 2.75) is 13.1 Å². The summed E-state index contributed by atoms with van der Waals surface area (Å²) >= 11 is 0. The maximum Gasteiger partial charge on any atom is 0.251 e. The van der Waals surface area contributed by atoms with Crippen LogP contribution in [0.25, 0.3) is 0 Å². The van der Waals surface area contributed by atoms with Gasteiger partial charge in [-0.05, 0) is 29.8 Å². The van der Waals surface area contributed by atoms with Gasteiger partial charge in [0.05, 0.1) is 5.69 Å². The summed E-state index contributed by atoms with van der Waals surface area (Å²) in [6.07, 6.45) is 1.54. The minimum absolute atomic E-state index is 0.235. The maximum absolute atomic E-state index is 13.0. The molecule has 98 valence electrons. The minimum atomic E-state index is -0.318. The van der Waals surface area contributed by atoms with Crippen molar-refractivity contribution < 1.29 is 9.18 Å². The number of pyridine rings is 1. The Balaban J connectivity index is 2.01. The van der Waals surface area contributed by atoms with Crippen LogP contribution in [0.3, 0.4) is 0 Å². The lowest BCUT2D eigenvalue weighted by atomic mass is 10.2. The molecule has 1 aromatic heterocycles. The topological polar surface area (TPSA) is 68.0 Å². The molecule has 19 heavy (non-hydrogen) atoms. The molecule has 5 heteroatoms. The number of amides is 1. The number of hydrogen-bond donors (Lipinski definition) is 2. The van der Waals surface area contributed by atoms with Crippen LogP contribution >= 0.6 is 0 Å². The maximum atomic E-state index is 13.0. The summed E-state index contributed by atoms with van der Waals surface area (Å²) in [5, 5.41) is 2.72. The number of carbonyl (C=O) groups is 1. The van der Waals surface area contributed by atoms with E-state index in [0.717, 1.165) is 0 Å². The molecule has 1 aromatic carbocycles. The van der Waals surface area contributed by atoms with Crippen LogP contribution in [-0.4, -0.2) is 10.9 Å². The number of hydrogen-bond acceptors (Lipinski definition) is 3. The number of halogens is 1. The van der Waals surface area contributed by atoms with Crippen molar-refractivity contribution in [3.8, 4) is 0 Å². The molecular weight excluding hydrogens is 245 g/mol. The molecule has 0 spiro atoms. The van der Waals surface area contributed by atoms with Gasteiger partial charge in [-0.2, -0.15) is 0 Å². The Hall–Kier alpha value is -2.27. The Morgan fingerprint density at radius 1 is 1.32 bits per heavy atom. The van der Waals surface area contributed by atoms with E-state index in [1.54, 1.807) is 30.5 Å². The average Bonchev–Trinajstić information content (AvgIpc) is 2.45. The predicted octanol–water partition coefficient (Wildman–Crippen LogP) is 1.61. The molecule has 1 amide bonds. The smallest absolute Gasteiger partial charge is 0.251 e. The van der Waals surface area contributed by atoms with E-state index >= 15 is 0 Å². The van der Waals surface area contributed by atoms with Crippen LogP contribution in [0.15, 0.2) is 42.6 Å². The lowest BCUT2D eigenvalue weighted by molar-refractivity contribution is 0.0950. The second-order valence-corrected chi connectivity index (χ2v) is 4.05. The first kappa shape index (κ1) is 13.2. The third kappa shape index (κ3) is 3.59. The first-order valence-corrected chi connectivity index (χ1v) is 5.86. The number of nitrogens with one attached hydrogen (secondary N) is 1. The van der Waals surface area contributed by atoms with Gasteiger partial charge in [0.15, 0.2) is 0 Å². The third-order valence-electron chi connectivity index (χ3n) is 2.63. The standard InChI is InChI=1S/C14H14FN3O/c15-12-3-1-2-10(6-12)9-18-14(19)11-4-5-17-13(7-11)8-16/h1-7H,8-9,16H2,(H,18,19). The number of rotatable bonds is 4. The number of nitrogens with two attached hydrogens (primary N) is 1. The van der Waals surface area contributed by atoms with Crippen LogP contribution < -0.4 is 11.1 Å². The van der Waals surface area contributed by atoms with Gasteiger partial charge in [0, 0.05) is 24.8 Å². The minimum Gasteiger partial charge on any atom is -0.348 e. The summed E-state index contributed by atoms with van der Waals surface area (Å²) in [4.78, 5) is 15.9. The molecular formula is C14H14FN3O. The van der Waals surface area contributed by atoms with Crippen molar-refractivity contribution >= 4 is 5.91 Å². The molecule has 3 N–H and O–H groups in total. The molecule has 2 aromatic rings. The van der Waals surface area contributed by atoms with Crippen molar-refractivity contribution in [3.05, 3.63) is 65.2 Å². The van der Waals surface area contributed by atoms with E-state index in [2.05, 4.69) is 10.3 Å². The Labute approximate surface area is 110 Å². The van der Waals surface area contributed by atoms with E-state index in [4.69, 9.17) is 5.73 Å². The summed E-state index contributed by atoms with van der Waals surface area (Å²) in [7, 11) is 0. The fourth-order valence-corrected chi connectivity index (χ4v) is 1.66. The lowest BCUT2D eigenvalue weighted by Crippen LogP contribution is -2.23. The molecule has 4 nitrogen and oxygen atoms in total. The highest BCUT2D eigenvalue weighted by Crippen LogP contribution is 2.05. The molecule has 0 radical (unpaired) electrons. The first-order valence-electron chi connectivity index (χ1n) is 5.86. The largest absolute Gasteiger partial charge is 0.348 e. The zero-order valence-electron chi connectivity index (χ0n) is 10.3. The zero-order chi connectivity index (χ0) is 13.7. The Kier molecular flexibility index (Phi) is 4.20. The summed E-state index contributed by atoms with van der Waals surface area (Å²) in [5.74, 6) is -0.553. The molecule has 0 bridgehead atoms. The Morgan fingerprint density at radius 3 is 2.89 bits per heavy atom. The molecule has 0 fully saturated rings.